The van der Waals surface area contributed by atoms with Crippen LogP contribution in [0.2, 0.25) is 0 Å². The van der Waals surface area contributed by atoms with E-state index in [-0.39, 0.29) is 32.0 Å². The van der Waals surface area contributed by atoms with E-state index in [2.05, 4.69) is 6.08 Å². The second-order valence-corrected chi connectivity index (χ2v) is 5.18. The van der Waals surface area contributed by atoms with Crippen LogP contribution < -0.4 is 0 Å². The van der Waals surface area contributed by atoms with Crippen molar-refractivity contribution in [1.82, 2.24) is 0 Å². The lowest BCUT2D eigenvalue weighted by atomic mass is 9.85. The van der Waals surface area contributed by atoms with Crippen molar-refractivity contribution in [2.24, 2.45) is 0 Å². The summed E-state index contributed by atoms with van der Waals surface area (Å²) in [5.41, 5.74) is 0.698. The summed E-state index contributed by atoms with van der Waals surface area (Å²) < 4.78 is 16.9. The molecule has 1 aliphatic rings. The average molecular weight is 274 g/mol. The Morgan fingerprint density at radius 2 is 2.05 bits per heavy atom. The zero-order valence-electron chi connectivity index (χ0n) is 12.1. The van der Waals surface area contributed by atoms with Gasteiger partial charge < -0.3 is 24.4 Å². The summed E-state index contributed by atoms with van der Waals surface area (Å²) in [6.45, 7) is 7.13. The van der Waals surface area contributed by atoms with Gasteiger partial charge in [0, 0.05) is 0 Å². The van der Waals surface area contributed by atoms with Crippen molar-refractivity contribution in [3.63, 3.8) is 0 Å². The minimum atomic E-state index is -0.518. The number of ether oxygens (including phenoxy) is 3. The zero-order chi connectivity index (χ0) is 14.3. The van der Waals surface area contributed by atoms with Crippen LogP contribution in [0.5, 0.6) is 0 Å². The molecule has 0 saturated carbocycles. The van der Waals surface area contributed by atoms with Gasteiger partial charge in [-0.2, -0.15) is 0 Å². The zero-order valence-corrected chi connectivity index (χ0v) is 12.1. The van der Waals surface area contributed by atoms with Gasteiger partial charge in [-0.25, -0.2) is 0 Å². The normalized spacial score (nSPS) is 27.7. The second-order valence-electron chi connectivity index (χ2n) is 5.18. The molecular weight excluding hydrogens is 248 g/mol. The fourth-order valence-corrected chi connectivity index (χ4v) is 2.13. The summed E-state index contributed by atoms with van der Waals surface area (Å²) in [6, 6.07) is 0. The van der Waals surface area contributed by atoms with Gasteiger partial charge in [-0.05, 0) is 27.2 Å². The molecule has 1 rings (SSSR count). The molecule has 0 aromatic rings. The summed E-state index contributed by atoms with van der Waals surface area (Å²) in [6.07, 6.45) is 2.58. The van der Waals surface area contributed by atoms with Gasteiger partial charge >= 0.3 is 0 Å². The number of allylic oxidation sites excluding steroid dienone is 1. The molecule has 1 saturated heterocycles. The molecule has 19 heavy (non-hydrogen) atoms. The topological polar surface area (TPSA) is 68.2 Å². The third-order valence-electron chi connectivity index (χ3n) is 3.39. The van der Waals surface area contributed by atoms with E-state index in [1.807, 2.05) is 20.8 Å². The lowest BCUT2D eigenvalue weighted by Gasteiger charge is -2.50. The van der Waals surface area contributed by atoms with Crippen molar-refractivity contribution >= 4 is 0 Å². The van der Waals surface area contributed by atoms with Crippen LogP contribution in [0.15, 0.2) is 11.6 Å². The first-order valence-electron chi connectivity index (χ1n) is 6.76. The molecule has 1 fully saturated rings. The maximum absolute atomic E-state index is 8.91. The molecular formula is C14H26O5. The molecule has 0 spiro atoms. The molecule has 0 aromatic heterocycles. The van der Waals surface area contributed by atoms with Crippen LogP contribution in [0.4, 0.5) is 0 Å². The lowest BCUT2D eigenvalue weighted by Crippen LogP contribution is -2.64. The number of hydrogen-bond acceptors (Lipinski definition) is 5. The molecule has 1 heterocycles. The van der Waals surface area contributed by atoms with Crippen molar-refractivity contribution in [3.8, 4) is 0 Å². The SMILES string of the molecule is CC(C)=CCC(OCCO)C1(C)OCC1OCCO. The van der Waals surface area contributed by atoms with Gasteiger partial charge in [0.2, 0.25) is 0 Å². The number of aliphatic hydroxyl groups is 2. The summed E-state index contributed by atoms with van der Waals surface area (Å²) >= 11 is 0. The maximum Gasteiger partial charge on any atom is 0.120 e. The number of rotatable bonds is 9. The van der Waals surface area contributed by atoms with Gasteiger partial charge in [0.15, 0.2) is 0 Å². The number of hydrogen-bond donors (Lipinski definition) is 2. The molecule has 5 nitrogen and oxygen atoms in total. The van der Waals surface area contributed by atoms with E-state index in [4.69, 9.17) is 24.4 Å². The molecule has 0 radical (unpaired) electrons. The Hall–Kier alpha value is -0.460. The van der Waals surface area contributed by atoms with E-state index in [1.54, 1.807) is 0 Å². The molecule has 112 valence electrons. The van der Waals surface area contributed by atoms with Crippen LogP contribution in [0.3, 0.4) is 0 Å². The largest absolute Gasteiger partial charge is 0.394 e. The van der Waals surface area contributed by atoms with Crippen LogP contribution in [0, 0.1) is 0 Å². The monoisotopic (exact) mass is 274 g/mol. The van der Waals surface area contributed by atoms with Gasteiger partial charge in [-0.3, -0.25) is 0 Å². The van der Waals surface area contributed by atoms with Gasteiger partial charge in [0.05, 0.1) is 39.1 Å². The molecule has 5 heteroatoms. The van der Waals surface area contributed by atoms with Crippen molar-refractivity contribution in [2.75, 3.05) is 33.0 Å². The fourth-order valence-electron chi connectivity index (χ4n) is 2.13. The molecule has 0 aromatic carbocycles. The maximum atomic E-state index is 8.91. The van der Waals surface area contributed by atoms with E-state index in [9.17, 15) is 0 Å². The van der Waals surface area contributed by atoms with Crippen LogP contribution in [0.25, 0.3) is 0 Å². The minimum Gasteiger partial charge on any atom is -0.394 e. The van der Waals surface area contributed by atoms with Gasteiger partial charge in [-0.1, -0.05) is 11.6 Å². The Balaban J connectivity index is 2.63. The first-order chi connectivity index (χ1) is 9.04. The molecule has 3 atom stereocenters. The highest BCUT2D eigenvalue weighted by Crippen LogP contribution is 2.36. The van der Waals surface area contributed by atoms with Crippen LogP contribution >= 0.6 is 0 Å². The molecule has 0 aliphatic carbocycles. The average Bonchev–Trinajstić information content (AvgIpc) is 2.37. The highest BCUT2D eigenvalue weighted by Gasteiger charge is 2.51. The van der Waals surface area contributed by atoms with E-state index >= 15 is 0 Å². The summed E-state index contributed by atoms with van der Waals surface area (Å²) in [7, 11) is 0. The second kappa shape index (κ2) is 7.97. The summed E-state index contributed by atoms with van der Waals surface area (Å²) in [5, 5.41) is 17.7. The van der Waals surface area contributed by atoms with Crippen LogP contribution in [-0.4, -0.2) is 61.1 Å². The summed E-state index contributed by atoms with van der Waals surface area (Å²) in [4.78, 5) is 0. The van der Waals surface area contributed by atoms with Gasteiger partial charge in [0.1, 0.15) is 11.7 Å². The first-order valence-corrected chi connectivity index (χ1v) is 6.76. The predicted molar refractivity (Wildman–Crippen MR) is 72.1 cm³/mol. The standard InChI is InChI=1S/C14H26O5/c1-11(2)4-5-12(17-8-6-15)14(3)13(10-19-14)18-9-7-16/h4,12-13,15-16H,5-10H2,1-3H3. The van der Waals surface area contributed by atoms with E-state index in [0.29, 0.717) is 13.2 Å². The van der Waals surface area contributed by atoms with Crippen molar-refractivity contribution in [3.05, 3.63) is 11.6 Å². The Bertz CT molecular complexity index is 288. The molecule has 3 unspecified atom stereocenters. The molecule has 0 bridgehead atoms. The van der Waals surface area contributed by atoms with Gasteiger partial charge in [0.25, 0.3) is 0 Å². The Kier molecular flexibility index (Phi) is 6.96. The quantitative estimate of drug-likeness (QED) is 0.611. The Morgan fingerprint density at radius 1 is 1.37 bits per heavy atom. The Labute approximate surface area is 115 Å². The fraction of sp³-hybridized carbons (Fsp3) is 0.857. The van der Waals surface area contributed by atoms with E-state index in [0.717, 1.165) is 6.42 Å². The highest BCUT2D eigenvalue weighted by atomic mass is 16.6. The third-order valence-corrected chi connectivity index (χ3v) is 3.39. The molecule has 0 amide bonds. The smallest absolute Gasteiger partial charge is 0.120 e. The van der Waals surface area contributed by atoms with Gasteiger partial charge in [-0.15, -0.1) is 0 Å². The van der Waals surface area contributed by atoms with E-state index in [1.165, 1.54) is 5.57 Å². The van der Waals surface area contributed by atoms with E-state index < -0.39 is 5.60 Å². The van der Waals surface area contributed by atoms with Crippen LogP contribution in [-0.2, 0) is 14.2 Å². The lowest BCUT2D eigenvalue weighted by molar-refractivity contribution is -0.290. The summed E-state index contributed by atoms with van der Waals surface area (Å²) in [5.74, 6) is 0. The van der Waals surface area contributed by atoms with Crippen molar-refractivity contribution in [2.45, 2.75) is 45.0 Å². The molecule has 1 aliphatic heterocycles. The predicted octanol–water partition coefficient (Wildman–Crippen LogP) is 0.887. The highest BCUT2D eigenvalue weighted by molar-refractivity contribution is 5.04. The van der Waals surface area contributed by atoms with Crippen LogP contribution in [0.1, 0.15) is 27.2 Å². The third kappa shape index (κ3) is 4.54. The Morgan fingerprint density at radius 3 is 2.53 bits per heavy atom. The number of aliphatic hydroxyl groups excluding tert-OH is 2. The first kappa shape index (κ1) is 16.6. The van der Waals surface area contributed by atoms with Crippen molar-refractivity contribution in [1.29, 1.82) is 0 Å². The minimum absolute atomic E-state index is 0.00269. The molecule has 2 N–H and O–H groups in total. The van der Waals surface area contributed by atoms with Crippen molar-refractivity contribution < 1.29 is 24.4 Å².